The Morgan fingerprint density at radius 1 is 1.50 bits per heavy atom. The van der Waals surface area contributed by atoms with E-state index in [0.29, 0.717) is 14.7 Å². The van der Waals surface area contributed by atoms with Crippen molar-refractivity contribution in [2.45, 2.75) is 24.6 Å². The van der Waals surface area contributed by atoms with Gasteiger partial charge < -0.3 is 20.7 Å². The van der Waals surface area contributed by atoms with Crippen molar-refractivity contribution in [2.75, 3.05) is 12.3 Å². The van der Waals surface area contributed by atoms with Crippen molar-refractivity contribution >= 4 is 39.4 Å². The molecule has 4 N–H and O–H groups in total. The Kier molecular flexibility index (Phi) is 3.48. The second-order valence-electron chi connectivity index (χ2n) is 4.38. The van der Waals surface area contributed by atoms with E-state index in [1.165, 1.54) is 11.0 Å². The molecule has 0 unspecified atom stereocenters. The van der Waals surface area contributed by atoms with Gasteiger partial charge in [-0.2, -0.15) is 5.10 Å². The number of nitrogen functional groups attached to an aromatic ring is 1. The van der Waals surface area contributed by atoms with Crippen LogP contribution in [0.1, 0.15) is 6.23 Å². The number of alkyl halides is 1. The maximum atomic E-state index is 14.1. The minimum Gasteiger partial charge on any atom is -0.394 e. The van der Waals surface area contributed by atoms with Crippen LogP contribution < -0.4 is 5.73 Å². The summed E-state index contributed by atoms with van der Waals surface area (Å²) in [5.41, 5.74) is 6.07. The number of rotatable bonds is 2. The first-order valence-corrected chi connectivity index (χ1v) is 6.85. The van der Waals surface area contributed by atoms with Gasteiger partial charge in [0.15, 0.2) is 18.0 Å². The molecule has 108 valence electrons. The molecule has 4 atom stereocenters. The average Bonchev–Trinajstić information content (AvgIpc) is 2.90. The van der Waals surface area contributed by atoms with Crippen molar-refractivity contribution in [3.05, 3.63) is 10.0 Å². The number of nitrogens with zero attached hydrogens (tertiary/aromatic N) is 4. The van der Waals surface area contributed by atoms with Gasteiger partial charge in [-0.25, -0.2) is 19.0 Å². The quantitative estimate of drug-likeness (QED) is 0.593. The fraction of sp³-hybridized carbons (Fsp3) is 0.500. The molecule has 2 aromatic heterocycles. The summed E-state index contributed by atoms with van der Waals surface area (Å²) in [5, 5.41) is 23.4. The largest absolute Gasteiger partial charge is 0.394 e. The number of nitrogens with two attached hydrogens (primary N) is 1. The van der Waals surface area contributed by atoms with Crippen molar-refractivity contribution in [1.82, 2.24) is 19.7 Å². The standard InChI is InChI=1S/C10H11FIN5O3/c11-5-6(19)3(1-18)20-10(5)17-9-4(7(12)16-17)8(13)14-2-15-9/h2-3,5-6,10,18-19H,1H2,(H2,13,14,15)/t3-,5+,6-,10-/m1/s1. The van der Waals surface area contributed by atoms with Gasteiger partial charge in [0.2, 0.25) is 0 Å². The Morgan fingerprint density at radius 3 is 2.90 bits per heavy atom. The molecule has 0 spiro atoms. The number of aliphatic hydroxyl groups is 2. The first-order chi connectivity index (χ1) is 9.54. The Hall–Kier alpha value is -1.11. The molecule has 1 saturated heterocycles. The maximum Gasteiger partial charge on any atom is 0.186 e. The molecule has 0 amide bonds. The summed E-state index contributed by atoms with van der Waals surface area (Å²) in [4.78, 5) is 7.89. The van der Waals surface area contributed by atoms with E-state index in [9.17, 15) is 9.50 Å². The molecule has 3 rings (SSSR count). The van der Waals surface area contributed by atoms with E-state index in [1.807, 2.05) is 22.6 Å². The van der Waals surface area contributed by atoms with Gasteiger partial charge in [0, 0.05) is 0 Å². The van der Waals surface area contributed by atoms with E-state index < -0.39 is 31.2 Å². The lowest BCUT2D eigenvalue weighted by Gasteiger charge is -2.13. The minimum atomic E-state index is -1.72. The lowest BCUT2D eigenvalue weighted by atomic mass is 10.1. The maximum absolute atomic E-state index is 14.1. The highest BCUT2D eigenvalue weighted by atomic mass is 127. The van der Waals surface area contributed by atoms with E-state index >= 15 is 0 Å². The number of aromatic nitrogens is 4. The first-order valence-electron chi connectivity index (χ1n) is 5.77. The van der Waals surface area contributed by atoms with Crippen LogP contribution in [0.25, 0.3) is 11.0 Å². The number of fused-ring (bicyclic) bond motifs is 1. The molecule has 20 heavy (non-hydrogen) atoms. The van der Waals surface area contributed by atoms with Gasteiger partial charge >= 0.3 is 0 Å². The van der Waals surface area contributed by atoms with Crippen molar-refractivity contribution < 1.29 is 19.3 Å². The molecule has 1 fully saturated rings. The fourth-order valence-electron chi connectivity index (χ4n) is 2.18. The van der Waals surface area contributed by atoms with Crippen molar-refractivity contribution in [2.24, 2.45) is 0 Å². The molecule has 0 saturated carbocycles. The number of anilines is 1. The van der Waals surface area contributed by atoms with Crippen molar-refractivity contribution in [1.29, 1.82) is 0 Å². The molecule has 1 aliphatic heterocycles. The summed E-state index contributed by atoms with van der Waals surface area (Å²) in [6.07, 6.45) is -4.05. The second-order valence-corrected chi connectivity index (χ2v) is 5.40. The fourth-order valence-corrected chi connectivity index (χ4v) is 2.93. The highest BCUT2D eigenvalue weighted by Gasteiger charge is 2.46. The van der Waals surface area contributed by atoms with Gasteiger partial charge in [-0.15, -0.1) is 0 Å². The SMILES string of the molecule is Nc1ncnc2c1c(I)nn2[C@@H]1O[C@H](CO)[C@@H](O)[C@@H]1F. The summed E-state index contributed by atoms with van der Waals surface area (Å²) in [6, 6.07) is 0. The number of hydrogen-bond acceptors (Lipinski definition) is 7. The Morgan fingerprint density at radius 2 is 2.25 bits per heavy atom. The molecule has 3 heterocycles. The second kappa shape index (κ2) is 5.02. The number of ether oxygens (including phenoxy) is 1. The molecule has 8 nitrogen and oxygen atoms in total. The van der Waals surface area contributed by atoms with Crippen molar-refractivity contribution in [3.8, 4) is 0 Å². The highest BCUT2D eigenvalue weighted by Crippen LogP contribution is 2.34. The monoisotopic (exact) mass is 395 g/mol. The summed E-state index contributed by atoms with van der Waals surface area (Å²) in [6.45, 7) is -0.481. The Labute approximate surface area is 125 Å². The number of aliphatic hydroxyl groups excluding tert-OH is 2. The summed E-state index contributed by atoms with van der Waals surface area (Å²) >= 11 is 1.94. The molecule has 2 aromatic rings. The molecule has 0 aromatic carbocycles. The molecule has 0 radical (unpaired) electrons. The van der Waals surface area contributed by atoms with E-state index in [0.717, 1.165) is 0 Å². The number of hydrogen-bond donors (Lipinski definition) is 3. The lowest BCUT2D eigenvalue weighted by Crippen LogP contribution is -2.30. The Balaban J connectivity index is 2.10. The Bertz CT molecular complexity index is 653. The van der Waals surface area contributed by atoms with Gasteiger partial charge in [-0.1, -0.05) is 0 Å². The van der Waals surface area contributed by atoms with Crippen LogP contribution in [0.4, 0.5) is 10.2 Å². The van der Waals surface area contributed by atoms with Crippen molar-refractivity contribution in [3.63, 3.8) is 0 Å². The lowest BCUT2D eigenvalue weighted by molar-refractivity contribution is -0.0506. The first kappa shape index (κ1) is 13.9. The number of halogens is 2. The van der Waals surface area contributed by atoms with Crippen LogP contribution in [0.5, 0.6) is 0 Å². The van der Waals surface area contributed by atoms with Gasteiger partial charge in [-0.3, -0.25) is 0 Å². The third kappa shape index (κ3) is 1.94. The molecular formula is C10H11FIN5O3. The normalized spacial score (nSPS) is 30.2. The predicted molar refractivity (Wildman–Crippen MR) is 74.4 cm³/mol. The zero-order valence-electron chi connectivity index (χ0n) is 10.0. The third-order valence-electron chi connectivity index (χ3n) is 3.19. The van der Waals surface area contributed by atoms with E-state index in [1.54, 1.807) is 0 Å². The summed E-state index contributed by atoms with van der Waals surface area (Å²) in [7, 11) is 0. The molecule has 10 heteroatoms. The minimum absolute atomic E-state index is 0.235. The van der Waals surface area contributed by atoms with Gasteiger partial charge in [-0.05, 0) is 22.6 Å². The predicted octanol–water partition coefficient (Wildman–Crippen LogP) is -0.398. The van der Waals surface area contributed by atoms with Crippen LogP contribution in [0.2, 0.25) is 0 Å². The van der Waals surface area contributed by atoms with Gasteiger partial charge in [0.1, 0.15) is 28.1 Å². The summed E-state index contributed by atoms with van der Waals surface area (Å²) in [5.74, 6) is 0.235. The molecular weight excluding hydrogens is 384 g/mol. The van der Waals surface area contributed by atoms with E-state index in [-0.39, 0.29) is 5.82 Å². The molecule has 0 bridgehead atoms. The van der Waals surface area contributed by atoms with E-state index in [4.69, 9.17) is 15.6 Å². The smallest absolute Gasteiger partial charge is 0.186 e. The van der Waals surface area contributed by atoms with Crippen LogP contribution in [-0.2, 0) is 4.74 Å². The van der Waals surface area contributed by atoms with Gasteiger partial charge in [0.05, 0.1) is 12.0 Å². The van der Waals surface area contributed by atoms with E-state index in [2.05, 4.69) is 15.1 Å². The van der Waals surface area contributed by atoms with Crippen LogP contribution in [0.3, 0.4) is 0 Å². The summed E-state index contributed by atoms with van der Waals surface area (Å²) < 4.78 is 21.2. The topological polar surface area (TPSA) is 119 Å². The van der Waals surface area contributed by atoms with Crippen LogP contribution in [-0.4, -0.2) is 54.9 Å². The zero-order chi connectivity index (χ0) is 14.4. The average molecular weight is 395 g/mol. The van der Waals surface area contributed by atoms with Crippen LogP contribution in [0, 0.1) is 3.70 Å². The van der Waals surface area contributed by atoms with Gasteiger partial charge in [0.25, 0.3) is 0 Å². The third-order valence-corrected chi connectivity index (χ3v) is 3.95. The van der Waals surface area contributed by atoms with Crippen LogP contribution >= 0.6 is 22.6 Å². The molecule has 1 aliphatic rings. The molecule has 0 aliphatic carbocycles. The highest BCUT2D eigenvalue weighted by molar-refractivity contribution is 14.1. The zero-order valence-corrected chi connectivity index (χ0v) is 12.2. The van der Waals surface area contributed by atoms with Crippen LogP contribution in [0.15, 0.2) is 6.33 Å².